The van der Waals surface area contributed by atoms with Crippen LogP contribution in [0.4, 0.5) is 0 Å². The first-order valence-electron chi connectivity index (χ1n) is 3.32. The van der Waals surface area contributed by atoms with Gasteiger partial charge in [0.25, 0.3) is 0 Å². The third kappa shape index (κ3) is 4.27. The lowest BCUT2D eigenvalue weighted by Gasteiger charge is -2.00. The number of allylic oxidation sites excluding steroid dienone is 1. The topological polar surface area (TPSA) is 74.6 Å². The molecule has 0 saturated carbocycles. The molecule has 0 saturated heterocycles. The van der Waals surface area contributed by atoms with Gasteiger partial charge in [0, 0.05) is 6.08 Å². The molecule has 2 N–H and O–H groups in total. The molecule has 0 bridgehead atoms. The van der Waals surface area contributed by atoms with Gasteiger partial charge in [0.05, 0.1) is 5.92 Å². The Morgan fingerprint density at radius 2 is 2.00 bits per heavy atom. The Morgan fingerprint density at radius 3 is 2.33 bits per heavy atom. The van der Waals surface area contributed by atoms with Gasteiger partial charge >= 0.3 is 11.9 Å². The standard InChI is InChI=1S/C8H10O4/c1-2-6(8(11)12)4-3-5-7(9)10/h2-3,5-6H,1,4H2,(H,9,10)(H,11,12). The highest BCUT2D eigenvalue weighted by molar-refractivity contribution is 5.80. The van der Waals surface area contributed by atoms with Gasteiger partial charge < -0.3 is 10.2 Å². The Balaban J connectivity index is 3.97. The van der Waals surface area contributed by atoms with Crippen LogP contribution in [0.3, 0.4) is 0 Å². The molecule has 66 valence electrons. The normalized spacial score (nSPS) is 12.7. The summed E-state index contributed by atoms with van der Waals surface area (Å²) >= 11 is 0. The molecule has 1 unspecified atom stereocenters. The maximum Gasteiger partial charge on any atom is 0.327 e. The number of carboxylic acid groups (broad SMARTS) is 2. The SMILES string of the molecule is C=CC(CC=CC(=O)O)C(=O)O. The smallest absolute Gasteiger partial charge is 0.327 e. The second kappa shape index (κ2) is 5.12. The van der Waals surface area contributed by atoms with Crippen molar-refractivity contribution in [1.29, 1.82) is 0 Å². The lowest BCUT2D eigenvalue weighted by atomic mass is 10.1. The largest absolute Gasteiger partial charge is 0.481 e. The number of hydrogen-bond acceptors (Lipinski definition) is 2. The zero-order valence-corrected chi connectivity index (χ0v) is 6.43. The van der Waals surface area contributed by atoms with Gasteiger partial charge in [0.2, 0.25) is 0 Å². The van der Waals surface area contributed by atoms with E-state index in [1.807, 2.05) is 0 Å². The molecule has 0 heterocycles. The van der Waals surface area contributed by atoms with Gasteiger partial charge in [-0.2, -0.15) is 0 Å². The van der Waals surface area contributed by atoms with Gasteiger partial charge in [-0.15, -0.1) is 6.58 Å². The first-order chi connectivity index (χ1) is 5.57. The quantitative estimate of drug-likeness (QED) is 0.475. The maximum absolute atomic E-state index is 10.4. The van der Waals surface area contributed by atoms with Crippen molar-refractivity contribution in [2.75, 3.05) is 0 Å². The molecule has 0 aliphatic carbocycles. The van der Waals surface area contributed by atoms with Crippen molar-refractivity contribution in [2.24, 2.45) is 5.92 Å². The van der Waals surface area contributed by atoms with Crippen LogP contribution in [-0.2, 0) is 9.59 Å². The van der Waals surface area contributed by atoms with E-state index in [2.05, 4.69) is 6.58 Å². The molecule has 0 rings (SSSR count). The van der Waals surface area contributed by atoms with Gasteiger partial charge in [-0.1, -0.05) is 12.2 Å². The summed E-state index contributed by atoms with van der Waals surface area (Å²) < 4.78 is 0. The van der Waals surface area contributed by atoms with Gasteiger partial charge in [-0.05, 0) is 6.42 Å². The minimum absolute atomic E-state index is 0.158. The molecule has 0 radical (unpaired) electrons. The third-order valence-electron chi connectivity index (χ3n) is 1.25. The van der Waals surface area contributed by atoms with Gasteiger partial charge in [-0.3, -0.25) is 4.79 Å². The van der Waals surface area contributed by atoms with E-state index in [9.17, 15) is 9.59 Å². The first-order valence-corrected chi connectivity index (χ1v) is 3.32. The molecule has 0 aromatic carbocycles. The minimum Gasteiger partial charge on any atom is -0.481 e. The van der Waals surface area contributed by atoms with E-state index in [0.29, 0.717) is 0 Å². The number of carboxylic acids is 2. The molecule has 12 heavy (non-hydrogen) atoms. The van der Waals surface area contributed by atoms with Crippen molar-refractivity contribution in [1.82, 2.24) is 0 Å². The van der Waals surface area contributed by atoms with Crippen molar-refractivity contribution < 1.29 is 19.8 Å². The molecule has 0 aromatic rings. The van der Waals surface area contributed by atoms with E-state index in [-0.39, 0.29) is 6.42 Å². The summed E-state index contributed by atoms with van der Waals surface area (Å²) in [4.78, 5) is 20.3. The molecule has 0 aliphatic heterocycles. The monoisotopic (exact) mass is 170 g/mol. The van der Waals surface area contributed by atoms with E-state index >= 15 is 0 Å². The summed E-state index contributed by atoms with van der Waals surface area (Å²) in [7, 11) is 0. The maximum atomic E-state index is 10.4. The van der Waals surface area contributed by atoms with Crippen molar-refractivity contribution in [2.45, 2.75) is 6.42 Å². The number of rotatable bonds is 5. The molecule has 1 atom stereocenters. The van der Waals surface area contributed by atoms with Crippen LogP contribution in [0.2, 0.25) is 0 Å². The van der Waals surface area contributed by atoms with E-state index < -0.39 is 17.9 Å². The van der Waals surface area contributed by atoms with Crippen molar-refractivity contribution in [3.8, 4) is 0 Å². The fraction of sp³-hybridized carbons (Fsp3) is 0.250. The third-order valence-corrected chi connectivity index (χ3v) is 1.25. The average molecular weight is 170 g/mol. The highest BCUT2D eigenvalue weighted by Gasteiger charge is 2.10. The van der Waals surface area contributed by atoms with E-state index in [0.717, 1.165) is 6.08 Å². The van der Waals surface area contributed by atoms with Gasteiger partial charge in [-0.25, -0.2) is 4.79 Å². The van der Waals surface area contributed by atoms with Crippen molar-refractivity contribution in [3.05, 3.63) is 24.8 Å². The highest BCUT2D eigenvalue weighted by Crippen LogP contribution is 2.04. The number of aliphatic carboxylic acids is 2. The summed E-state index contributed by atoms with van der Waals surface area (Å²) in [6.45, 7) is 3.32. The summed E-state index contributed by atoms with van der Waals surface area (Å²) in [5, 5.41) is 16.7. The Morgan fingerprint density at radius 1 is 1.42 bits per heavy atom. The molecule has 4 heteroatoms. The molecule has 0 aromatic heterocycles. The van der Waals surface area contributed by atoms with Crippen molar-refractivity contribution in [3.63, 3.8) is 0 Å². The molecule has 0 fully saturated rings. The lowest BCUT2D eigenvalue weighted by molar-refractivity contribution is -0.140. The van der Waals surface area contributed by atoms with Crippen LogP contribution >= 0.6 is 0 Å². The minimum atomic E-state index is -1.08. The van der Waals surface area contributed by atoms with Crippen LogP contribution in [-0.4, -0.2) is 22.2 Å². The van der Waals surface area contributed by atoms with Crippen LogP contribution < -0.4 is 0 Å². The molecular weight excluding hydrogens is 160 g/mol. The molecular formula is C8H10O4. The Kier molecular flexibility index (Phi) is 4.45. The van der Waals surface area contributed by atoms with Crippen LogP contribution in [0.25, 0.3) is 0 Å². The van der Waals surface area contributed by atoms with Crippen molar-refractivity contribution >= 4 is 11.9 Å². The average Bonchev–Trinajstić information content (AvgIpc) is 1.96. The predicted molar refractivity (Wildman–Crippen MR) is 42.7 cm³/mol. The zero-order chi connectivity index (χ0) is 9.56. The number of hydrogen-bond donors (Lipinski definition) is 2. The fourth-order valence-corrected chi connectivity index (χ4v) is 0.613. The molecule has 0 amide bonds. The van der Waals surface area contributed by atoms with Crippen LogP contribution in [0, 0.1) is 5.92 Å². The lowest BCUT2D eigenvalue weighted by Crippen LogP contribution is -2.09. The van der Waals surface area contributed by atoms with Crippen LogP contribution in [0.15, 0.2) is 24.8 Å². The van der Waals surface area contributed by atoms with E-state index in [4.69, 9.17) is 10.2 Å². The summed E-state index contributed by atoms with van der Waals surface area (Å²) in [6.07, 6.45) is 3.64. The Hall–Kier alpha value is -1.58. The first kappa shape index (κ1) is 10.4. The zero-order valence-electron chi connectivity index (χ0n) is 6.43. The highest BCUT2D eigenvalue weighted by atomic mass is 16.4. The summed E-state index contributed by atoms with van der Waals surface area (Å²) in [6, 6.07) is 0. The molecule has 0 aliphatic rings. The van der Waals surface area contributed by atoms with E-state index in [1.54, 1.807) is 0 Å². The molecule has 0 spiro atoms. The Bertz CT molecular complexity index is 217. The van der Waals surface area contributed by atoms with Gasteiger partial charge in [0.1, 0.15) is 0 Å². The summed E-state index contributed by atoms with van der Waals surface area (Å²) in [5.41, 5.74) is 0. The molecule has 4 nitrogen and oxygen atoms in total. The Labute approximate surface area is 69.8 Å². The van der Waals surface area contributed by atoms with Crippen LogP contribution in [0.1, 0.15) is 6.42 Å². The predicted octanol–water partition coefficient (Wildman–Crippen LogP) is 0.904. The second-order valence-corrected chi connectivity index (χ2v) is 2.16. The van der Waals surface area contributed by atoms with Crippen LogP contribution in [0.5, 0.6) is 0 Å². The van der Waals surface area contributed by atoms with E-state index in [1.165, 1.54) is 12.2 Å². The second-order valence-electron chi connectivity index (χ2n) is 2.16. The summed E-state index contributed by atoms with van der Waals surface area (Å²) in [5.74, 6) is -2.79. The van der Waals surface area contributed by atoms with Gasteiger partial charge in [0.15, 0.2) is 0 Å². The number of carbonyl (C=O) groups is 2. The fourth-order valence-electron chi connectivity index (χ4n) is 0.613.